The number of fused-ring (bicyclic) bond motifs is 1. The van der Waals surface area contributed by atoms with Crippen molar-refractivity contribution >= 4 is 22.6 Å². The third kappa shape index (κ3) is 3.77. The van der Waals surface area contributed by atoms with Gasteiger partial charge in [-0.05, 0) is 66.0 Å². The average Bonchev–Trinajstić information content (AvgIpc) is 2.96. The summed E-state index contributed by atoms with van der Waals surface area (Å²) in [6.07, 6.45) is 5.05. The predicted molar refractivity (Wildman–Crippen MR) is 104 cm³/mol. The number of nitriles is 1. The summed E-state index contributed by atoms with van der Waals surface area (Å²) in [5, 5.41) is 10.5. The highest BCUT2D eigenvalue weighted by Gasteiger charge is 2.32. The largest absolute Gasteiger partial charge is 0.497 e. The Kier molecular flexibility index (Phi) is 4.96. The maximum atomic E-state index is 9.62. The maximum Gasteiger partial charge on any atom is 0.134 e. The Morgan fingerprint density at radius 3 is 2.60 bits per heavy atom. The average molecular weight is 353 g/mol. The van der Waals surface area contributed by atoms with Crippen LogP contribution in [0.25, 0.3) is 0 Å². The molecule has 130 valence electrons. The summed E-state index contributed by atoms with van der Waals surface area (Å²) < 4.78 is 5.18. The van der Waals surface area contributed by atoms with Gasteiger partial charge in [-0.2, -0.15) is 5.26 Å². The molecule has 4 heteroatoms. The second kappa shape index (κ2) is 7.01. The van der Waals surface area contributed by atoms with Gasteiger partial charge in [-0.3, -0.25) is 0 Å². The second-order valence-electron chi connectivity index (χ2n) is 7.63. The fourth-order valence-electron chi connectivity index (χ4n) is 3.34. The van der Waals surface area contributed by atoms with Crippen molar-refractivity contribution in [2.24, 2.45) is 16.3 Å². The summed E-state index contributed by atoms with van der Waals surface area (Å²) in [6, 6.07) is 10.2. The van der Waals surface area contributed by atoms with Gasteiger partial charge in [0.2, 0.25) is 0 Å². The molecule has 0 radical (unpaired) electrons. The van der Waals surface area contributed by atoms with Crippen LogP contribution in [-0.2, 0) is 12.8 Å². The molecule has 0 saturated carbocycles. The third-order valence-corrected chi connectivity index (χ3v) is 6.19. The van der Waals surface area contributed by atoms with Gasteiger partial charge in [0.25, 0.3) is 0 Å². The highest BCUT2D eigenvalue weighted by atomic mass is 32.1. The lowest BCUT2D eigenvalue weighted by Crippen LogP contribution is -2.26. The Balaban J connectivity index is 1.86. The molecule has 2 aromatic rings. The van der Waals surface area contributed by atoms with Crippen LogP contribution in [0.15, 0.2) is 29.3 Å². The lowest BCUT2D eigenvalue weighted by atomic mass is 9.72. The first-order chi connectivity index (χ1) is 11.9. The first-order valence-electron chi connectivity index (χ1n) is 8.65. The fourth-order valence-corrected chi connectivity index (χ4v) is 4.56. The van der Waals surface area contributed by atoms with Crippen LogP contribution in [0, 0.1) is 22.7 Å². The molecule has 1 aromatic heterocycles. The van der Waals surface area contributed by atoms with Gasteiger partial charge in [-0.1, -0.05) is 20.8 Å². The van der Waals surface area contributed by atoms with Crippen LogP contribution in [0.2, 0.25) is 0 Å². The van der Waals surface area contributed by atoms with Gasteiger partial charge in [0.1, 0.15) is 16.8 Å². The molecule has 1 aromatic carbocycles. The molecule has 0 unspecified atom stereocenters. The highest BCUT2D eigenvalue weighted by molar-refractivity contribution is 7.16. The molecule has 0 amide bonds. The zero-order valence-electron chi connectivity index (χ0n) is 15.3. The zero-order valence-corrected chi connectivity index (χ0v) is 16.1. The number of hydrogen-bond acceptors (Lipinski definition) is 4. The van der Waals surface area contributed by atoms with E-state index in [1.54, 1.807) is 18.4 Å². The van der Waals surface area contributed by atoms with Crippen LogP contribution in [0.1, 0.15) is 48.8 Å². The highest BCUT2D eigenvalue weighted by Crippen LogP contribution is 2.44. The number of ether oxygens (including phenoxy) is 1. The number of rotatable bonds is 3. The van der Waals surface area contributed by atoms with Crippen molar-refractivity contribution in [1.82, 2.24) is 0 Å². The molecule has 0 fully saturated rings. The van der Waals surface area contributed by atoms with E-state index in [4.69, 9.17) is 4.74 Å². The topological polar surface area (TPSA) is 45.4 Å². The molecular weight excluding hydrogens is 328 g/mol. The molecule has 0 bridgehead atoms. The Bertz CT molecular complexity index is 819. The number of thiophene rings is 1. The molecule has 3 rings (SSSR count). The van der Waals surface area contributed by atoms with E-state index in [2.05, 4.69) is 31.8 Å². The summed E-state index contributed by atoms with van der Waals surface area (Å²) in [6.45, 7) is 6.93. The van der Waals surface area contributed by atoms with Crippen molar-refractivity contribution in [2.75, 3.05) is 7.11 Å². The minimum Gasteiger partial charge on any atom is -0.497 e. The fraction of sp³-hybridized carbons (Fsp3) is 0.429. The van der Waals surface area contributed by atoms with Gasteiger partial charge in [0.05, 0.1) is 12.7 Å². The van der Waals surface area contributed by atoms with E-state index >= 15 is 0 Å². The lowest BCUT2D eigenvalue weighted by Gasteiger charge is -2.33. The van der Waals surface area contributed by atoms with Crippen molar-refractivity contribution < 1.29 is 4.74 Å². The number of aliphatic imine (C=N–C) groups is 1. The Hall–Kier alpha value is -2.12. The lowest BCUT2D eigenvalue weighted by molar-refractivity contribution is 0.218. The van der Waals surface area contributed by atoms with Crippen LogP contribution >= 0.6 is 11.3 Å². The molecule has 0 spiro atoms. The van der Waals surface area contributed by atoms with Crippen molar-refractivity contribution in [3.63, 3.8) is 0 Å². The number of benzene rings is 1. The smallest absolute Gasteiger partial charge is 0.134 e. The van der Waals surface area contributed by atoms with E-state index in [0.717, 1.165) is 41.1 Å². The van der Waals surface area contributed by atoms with E-state index in [1.165, 1.54) is 10.4 Å². The summed E-state index contributed by atoms with van der Waals surface area (Å²) in [5.74, 6) is 1.50. The molecule has 0 N–H and O–H groups in total. The molecule has 0 aliphatic heterocycles. The van der Waals surface area contributed by atoms with Gasteiger partial charge in [-0.25, -0.2) is 4.99 Å². The number of methoxy groups -OCH3 is 1. The van der Waals surface area contributed by atoms with Crippen molar-refractivity contribution in [2.45, 2.75) is 40.0 Å². The van der Waals surface area contributed by atoms with Gasteiger partial charge in [0.15, 0.2) is 0 Å². The van der Waals surface area contributed by atoms with Crippen molar-refractivity contribution in [1.29, 1.82) is 5.26 Å². The quantitative estimate of drug-likeness (QED) is 0.682. The van der Waals surface area contributed by atoms with Crippen LogP contribution in [0.3, 0.4) is 0 Å². The molecule has 0 saturated heterocycles. The molecule has 1 aliphatic rings. The van der Waals surface area contributed by atoms with Gasteiger partial charge in [0, 0.05) is 11.1 Å². The summed E-state index contributed by atoms with van der Waals surface area (Å²) >= 11 is 1.69. The monoisotopic (exact) mass is 352 g/mol. The summed E-state index contributed by atoms with van der Waals surface area (Å²) in [4.78, 5) is 5.98. The number of nitrogens with zero attached hydrogens (tertiary/aromatic N) is 2. The first-order valence-corrected chi connectivity index (χ1v) is 9.46. The molecular formula is C21H24N2OS. The van der Waals surface area contributed by atoms with Gasteiger partial charge < -0.3 is 4.74 Å². The molecule has 1 heterocycles. The normalized spacial score (nSPS) is 17.3. The second-order valence-corrected chi connectivity index (χ2v) is 8.72. The summed E-state index contributed by atoms with van der Waals surface area (Å²) in [7, 11) is 1.66. The predicted octanol–water partition coefficient (Wildman–Crippen LogP) is 5.53. The molecule has 25 heavy (non-hydrogen) atoms. The molecule has 3 nitrogen and oxygen atoms in total. The molecule has 1 atom stereocenters. The maximum absolute atomic E-state index is 9.62. The summed E-state index contributed by atoms with van der Waals surface area (Å²) in [5.41, 5.74) is 3.32. The van der Waals surface area contributed by atoms with Crippen molar-refractivity contribution in [3.8, 4) is 11.8 Å². The first kappa shape index (κ1) is 17.7. The van der Waals surface area contributed by atoms with E-state index < -0.39 is 0 Å². The third-order valence-electron chi connectivity index (χ3n) is 5.03. The number of hydrogen-bond donors (Lipinski definition) is 0. The van der Waals surface area contributed by atoms with E-state index in [1.807, 2.05) is 30.5 Å². The van der Waals surface area contributed by atoms with Crippen LogP contribution in [0.5, 0.6) is 5.75 Å². The van der Waals surface area contributed by atoms with Crippen LogP contribution in [-0.4, -0.2) is 13.3 Å². The van der Waals surface area contributed by atoms with Crippen molar-refractivity contribution in [3.05, 3.63) is 45.8 Å². The minimum atomic E-state index is 0.307. The Labute approximate surface area is 154 Å². The molecule has 1 aliphatic carbocycles. The van der Waals surface area contributed by atoms with E-state index in [0.29, 0.717) is 11.3 Å². The Morgan fingerprint density at radius 2 is 2.00 bits per heavy atom. The Morgan fingerprint density at radius 1 is 1.28 bits per heavy atom. The van der Waals surface area contributed by atoms with E-state index in [-0.39, 0.29) is 0 Å². The van der Waals surface area contributed by atoms with Crippen LogP contribution < -0.4 is 4.74 Å². The van der Waals surface area contributed by atoms with Crippen LogP contribution in [0.4, 0.5) is 5.00 Å². The standard InChI is InChI=1S/C21H24N2OS/c1-21(2,3)15-7-10-17-18(12-22)20(25-19(17)11-15)23-13-14-5-8-16(24-4)9-6-14/h5-6,8-9,13,15H,7,10-11H2,1-4H3/t15-/m0/s1. The van der Waals surface area contributed by atoms with Gasteiger partial charge in [-0.15, -0.1) is 11.3 Å². The van der Waals surface area contributed by atoms with Gasteiger partial charge >= 0.3 is 0 Å². The SMILES string of the molecule is COc1ccc(C=Nc2sc3c(c2C#N)CC[C@H](C(C)(C)C)C3)cc1. The zero-order chi connectivity index (χ0) is 18.0. The van der Waals surface area contributed by atoms with E-state index in [9.17, 15) is 5.26 Å². The minimum absolute atomic E-state index is 0.307.